The van der Waals surface area contributed by atoms with E-state index in [4.69, 9.17) is 14.5 Å². The Morgan fingerprint density at radius 1 is 1.05 bits per heavy atom. The predicted molar refractivity (Wildman–Crippen MR) is 159 cm³/mol. The van der Waals surface area contributed by atoms with Crippen molar-refractivity contribution in [3.8, 4) is 11.5 Å². The van der Waals surface area contributed by atoms with E-state index in [1.165, 1.54) is 0 Å². The van der Waals surface area contributed by atoms with Crippen molar-refractivity contribution in [2.45, 2.75) is 65.4 Å². The third kappa shape index (κ3) is 7.34. The van der Waals surface area contributed by atoms with E-state index in [-0.39, 0.29) is 12.0 Å². The van der Waals surface area contributed by atoms with Crippen molar-refractivity contribution in [2.75, 3.05) is 29.9 Å². The molecule has 1 atom stereocenters. The molecule has 9 heteroatoms. The highest BCUT2D eigenvalue weighted by Crippen LogP contribution is 2.31. The number of aromatic nitrogens is 2. The third-order valence-electron chi connectivity index (χ3n) is 7.48. The molecule has 1 amide bonds. The summed E-state index contributed by atoms with van der Waals surface area (Å²) in [7, 11) is 0. The largest absolute Gasteiger partial charge is 0.490 e. The van der Waals surface area contributed by atoms with Crippen LogP contribution in [0, 0.1) is 5.41 Å². The summed E-state index contributed by atoms with van der Waals surface area (Å²) in [5.74, 6) is 1.47. The van der Waals surface area contributed by atoms with Crippen LogP contribution in [0.3, 0.4) is 0 Å². The maximum Gasteiger partial charge on any atom is 0.309 e. The normalized spacial score (nSPS) is 15.7. The summed E-state index contributed by atoms with van der Waals surface area (Å²) in [6.45, 7) is 11.1. The molecule has 4 rings (SSSR count). The van der Waals surface area contributed by atoms with Gasteiger partial charge in [0.2, 0.25) is 5.91 Å². The van der Waals surface area contributed by atoms with Crippen LogP contribution in [-0.4, -0.2) is 52.8 Å². The van der Waals surface area contributed by atoms with E-state index >= 15 is 0 Å². The summed E-state index contributed by atoms with van der Waals surface area (Å²) >= 11 is 0. The second kappa shape index (κ2) is 12.6. The molecule has 41 heavy (non-hydrogen) atoms. The maximum atomic E-state index is 13.4. The first-order valence-corrected chi connectivity index (χ1v) is 14.1. The van der Waals surface area contributed by atoms with Crippen LogP contribution in [0.1, 0.15) is 58.6 Å². The summed E-state index contributed by atoms with van der Waals surface area (Å²) in [5.41, 5.74) is 0.00350. The van der Waals surface area contributed by atoms with Crippen LogP contribution in [0.25, 0.3) is 0 Å². The zero-order chi connectivity index (χ0) is 29.6. The molecule has 2 N–H and O–H groups in total. The van der Waals surface area contributed by atoms with E-state index in [1.54, 1.807) is 26.2 Å². The first-order chi connectivity index (χ1) is 19.5. The fourth-order valence-corrected chi connectivity index (χ4v) is 4.84. The molecule has 1 aliphatic rings. The quantitative estimate of drug-likeness (QED) is 0.316. The first-order valence-electron chi connectivity index (χ1n) is 14.1. The number of hydrogen-bond acceptors (Lipinski definition) is 7. The van der Waals surface area contributed by atoms with Crippen molar-refractivity contribution in [1.82, 2.24) is 9.97 Å². The molecule has 218 valence electrons. The number of carbonyl (C=O) groups excluding carboxylic acids is 1. The highest BCUT2D eigenvalue weighted by atomic mass is 16.5. The number of hydrogen-bond donors (Lipinski definition) is 2. The Bertz CT molecular complexity index is 1360. The number of piperidine rings is 1. The van der Waals surface area contributed by atoms with Crippen LogP contribution in [0.5, 0.6) is 11.5 Å². The molecular formula is C32H40N4O5. The van der Waals surface area contributed by atoms with Gasteiger partial charge in [0.25, 0.3) is 0 Å². The Morgan fingerprint density at radius 2 is 1.76 bits per heavy atom. The van der Waals surface area contributed by atoms with E-state index in [1.807, 2.05) is 69.3 Å². The van der Waals surface area contributed by atoms with Gasteiger partial charge in [-0.25, -0.2) is 4.98 Å². The number of aliphatic carboxylic acids is 1. The molecule has 1 saturated heterocycles. The summed E-state index contributed by atoms with van der Waals surface area (Å²) in [4.78, 5) is 36.0. The van der Waals surface area contributed by atoms with E-state index in [9.17, 15) is 14.7 Å². The lowest BCUT2D eigenvalue weighted by atomic mass is 9.81. The predicted octanol–water partition coefficient (Wildman–Crippen LogP) is 5.49. The van der Waals surface area contributed by atoms with Crippen molar-refractivity contribution in [3.05, 3.63) is 72.1 Å². The summed E-state index contributed by atoms with van der Waals surface area (Å²) in [6, 6.07) is 15.2. The molecule has 0 saturated carbocycles. The Hall–Kier alpha value is -4.14. The maximum absolute atomic E-state index is 13.4. The Labute approximate surface area is 241 Å². The Balaban J connectivity index is 1.41. The highest BCUT2D eigenvalue weighted by molar-refractivity contribution is 5.98. The highest BCUT2D eigenvalue weighted by Gasteiger charge is 2.32. The van der Waals surface area contributed by atoms with Crippen LogP contribution in [0.4, 0.5) is 11.6 Å². The van der Waals surface area contributed by atoms with Gasteiger partial charge < -0.3 is 24.8 Å². The van der Waals surface area contributed by atoms with Gasteiger partial charge in [0.05, 0.1) is 36.4 Å². The van der Waals surface area contributed by atoms with Crippen LogP contribution in [0.15, 0.2) is 60.9 Å². The van der Waals surface area contributed by atoms with Crippen molar-refractivity contribution < 1.29 is 24.2 Å². The van der Waals surface area contributed by atoms with Gasteiger partial charge >= 0.3 is 5.97 Å². The number of benzene rings is 2. The van der Waals surface area contributed by atoms with Gasteiger partial charge in [0, 0.05) is 6.54 Å². The molecule has 1 aliphatic heterocycles. The zero-order valence-electron chi connectivity index (χ0n) is 24.5. The molecule has 0 spiro atoms. The topological polar surface area (TPSA) is 114 Å². The molecule has 1 fully saturated rings. The van der Waals surface area contributed by atoms with Gasteiger partial charge in [-0.3, -0.25) is 14.6 Å². The molecule has 9 nitrogen and oxygen atoms in total. The first kappa shape index (κ1) is 29.8. The van der Waals surface area contributed by atoms with Gasteiger partial charge in [0.1, 0.15) is 11.9 Å². The van der Waals surface area contributed by atoms with Crippen LogP contribution in [-0.2, 0) is 21.4 Å². The average Bonchev–Trinajstić information content (AvgIpc) is 2.94. The number of nitrogens with one attached hydrogen (secondary N) is 1. The number of para-hydroxylation sites is 2. The zero-order valence-corrected chi connectivity index (χ0v) is 24.5. The summed E-state index contributed by atoms with van der Waals surface area (Å²) in [6.07, 6.45) is 5.47. The average molecular weight is 561 g/mol. The number of carboxylic acid groups (broad SMARTS) is 1. The number of amides is 1. The van der Waals surface area contributed by atoms with Crippen molar-refractivity contribution >= 4 is 23.5 Å². The Morgan fingerprint density at radius 3 is 2.44 bits per heavy atom. The number of carboxylic acids is 1. The van der Waals surface area contributed by atoms with Crippen molar-refractivity contribution in [3.63, 3.8) is 0 Å². The van der Waals surface area contributed by atoms with Gasteiger partial charge in [-0.2, -0.15) is 0 Å². The lowest BCUT2D eigenvalue weighted by Crippen LogP contribution is -2.42. The van der Waals surface area contributed by atoms with E-state index in [2.05, 4.69) is 15.2 Å². The van der Waals surface area contributed by atoms with Gasteiger partial charge in [-0.15, -0.1) is 0 Å². The van der Waals surface area contributed by atoms with Gasteiger partial charge in [0.15, 0.2) is 17.3 Å². The minimum atomic E-state index is -0.869. The van der Waals surface area contributed by atoms with Gasteiger partial charge in [-0.1, -0.05) is 36.4 Å². The number of rotatable bonds is 11. The number of ether oxygens (including phenoxy) is 2. The SMILES string of the molecule is CCOc1ccccc1O[C@@H]1CCCN(c2cncc(NC(=O)C(C)(C)c3ccc(CC(C)(C)C(=O)O)cc3)n2)C1. The monoisotopic (exact) mass is 560 g/mol. The van der Waals surface area contributed by atoms with E-state index in [0.29, 0.717) is 31.2 Å². The molecule has 2 heterocycles. The lowest BCUT2D eigenvalue weighted by molar-refractivity contribution is -0.146. The minimum Gasteiger partial charge on any atom is -0.490 e. The van der Waals surface area contributed by atoms with E-state index in [0.717, 1.165) is 42.0 Å². The Kier molecular flexibility index (Phi) is 9.15. The fraction of sp³-hybridized carbons (Fsp3) is 0.438. The number of nitrogens with zero attached hydrogens (tertiary/aromatic N) is 3. The molecule has 3 aromatic rings. The second-order valence-corrected chi connectivity index (χ2v) is 11.6. The van der Waals surface area contributed by atoms with Crippen LogP contribution in [0.2, 0.25) is 0 Å². The van der Waals surface area contributed by atoms with Crippen molar-refractivity contribution in [1.29, 1.82) is 0 Å². The second-order valence-electron chi connectivity index (χ2n) is 11.6. The number of anilines is 2. The molecule has 0 unspecified atom stereocenters. The summed E-state index contributed by atoms with van der Waals surface area (Å²) < 4.78 is 12.0. The third-order valence-corrected chi connectivity index (χ3v) is 7.48. The molecule has 0 radical (unpaired) electrons. The van der Waals surface area contributed by atoms with Gasteiger partial charge in [-0.05, 0) is 77.1 Å². The van der Waals surface area contributed by atoms with Crippen molar-refractivity contribution in [2.24, 2.45) is 5.41 Å². The number of carbonyl (C=O) groups is 2. The van der Waals surface area contributed by atoms with Crippen LogP contribution < -0.4 is 19.7 Å². The molecule has 2 aromatic carbocycles. The summed E-state index contributed by atoms with van der Waals surface area (Å²) in [5, 5.41) is 12.4. The smallest absolute Gasteiger partial charge is 0.309 e. The van der Waals surface area contributed by atoms with E-state index < -0.39 is 16.8 Å². The minimum absolute atomic E-state index is 0.0339. The standard InChI is InChI=1S/C32H40N4O5/c1-6-40-25-11-7-8-12-26(25)41-24-10-9-17-36(21-24)28-20-33-19-27(34-28)35-29(37)32(4,5)23-15-13-22(14-16-23)18-31(2,3)30(38)39/h7-8,11-16,19-20,24H,6,9-10,17-18,21H2,1-5H3,(H,38,39)(H,34,35,37)/t24-/m1/s1. The molecule has 1 aromatic heterocycles. The lowest BCUT2D eigenvalue weighted by Gasteiger charge is -2.34. The van der Waals surface area contributed by atoms with Crippen LogP contribution >= 0.6 is 0 Å². The molecule has 0 bridgehead atoms. The molecule has 0 aliphatic carbocycles. The molecular weight excluding hydrogens is 520 g/mol. The fourth-order valence-electron chi connectivity index (χ4n) is 4.84.